The smallest absolute Gasteiger partial charge is 0.352 e. The fourth-order valence-electron chi connectivity index (χ4n) is 3.99. The van der Waals surface area contributed by atoms with Crippen LogP contribution in [-0.2, 0) is 16.2 Å². The Labute approximate surface area is 234 Å². The van der Waals surface area contributed by atoms with E-state index in [1.165, 1.54) is 45.8 Å². The Morgan fingerprint density at radius 3 is 2.82 bits per heavy atom. The number of β-lactam (4-membered cyclic amide) rings is 1. The van der Waals surface area contributed by atoms with E-state index in [0.29, 0.717) is 33.6 Å². The van der Waals surface area contributed by atoms with Crippen molar-refractivity contribution in [1.29, 1.82) is 0 Å². The van der Waals surface area contributed by atoms with Gasteiger partial charge in [0.05, 0.1) is 0 Å². The van der Waals surface area contributed by atoms with Crippen molar-refractivity contribution in [1.82, 2.24) is 20.4 Å². The molecule has 2 aliphatic heterocycles. The molecule has 3 aromatic rings. The van der Waals surface area contributed by atoms with Crippen LogP contribution >= 0.6 is 46.5 Å². The highest BCUT2D eigenvalue weighted by molar-refractivity contribution is 8.01. The first-order valence-corrected chi connectivity index (χ1v) is 14.6. The molecule has 2 atom stereocenters. The first-order chi connectivity index (χ1) is 18.2. The van der Waals surface area contributed by atoms with Gasteiger partial charge in [0.25, 0.3) is 11.8 Å². The second-order valence-electron chi connectivity index (χ2n) is 8.46. The number of thioether (sulfide) groups is 2. The van der Waals surface area contributed by atoms with Gasteiger partial charge in [0.15, 0.2) is 10.1 Å². The van der Waals surface area contributed by atoms with Gasteiger partial charge in [0, 0.05) is 16.5 Å². The third-order valence-electron chi connectivity index (χ3n) is 5.81. The van der Waals surface area contributed by atoms with Gasteiger partial charge in [-0.05, 0) is 55.3 Å². The van der Waals surface area contributed by atoms with Crippen LogP contribution in [0, 0.1) is 13.8 Å². The van der Waals surface area contributed by atoms with E-state index in [2.05, 4.69) is 15.5 Å². The Morgan fingerprint density at radius 1 is 1.29 bits per heavy atom. The Kier molecular flexibility index (Phi) is 7.70. The number of aromatic nitrogens is 2. The van der Waals surface area contributed by atoms with Gasteiger partial charge in [-0.3, -0.25) is 14.5 Å². The standard InChI is InChI=1S/C24H21ClN4O6S3/c1-11-7-14(25)3-5-16(11)34-8-15-4-6-17(35-15)20(30)26-18-21(31)29-19(23(32)33)13(9-36-22(18)29)10-37-24-28-27-12(2)38-24/h3-7,18,22H,8-10H2,1-2H3,(H,26,30)(H,32,33)/t18-,22-/m0/s1. The number of carbonyl (C=O) groups excluding carboxylic acids is 2. The number of ether oxygens (including phenoxy) is 1. The summed E-state index contributed by atoms with van der Waals surface area (Å²) in [6.07, 6.45) is 0. The van der Waals surface area contributed by atoms with E-state index in [1.54, 1.807) is 24.3 Å². The van der Waals surface area contributed by atoms with Crippen LogP contribution in [0.15, 0.2) is 50.4 Å². The molecule has 0 unspecified atom stereocenters. The van der Waals surface area contributed by atoms with Gasteiger partial charge < -0.3 is 19.6 Å². The van der Waals surface area contributed by atoms with E-state index < -0.39 is 29.2 Å². The molecule has 0 saturated carbocycles. The predicted octanol–water partition coefficient (Wildman–Crippen LogP) is 4.12. The minimum Gasteiger partial charge on any atom is -0.485 e. The molecule has 2 aromatic heterocycles. The Balaban J connectivity index is 1.20. The van der Waals surface area contributed by atoms with Crippen LogP contribution in [-0.4, -0.2) is 60.9 Å². The van der Waals surface area contributed by atoms with Gasteiger partial charge in [-0.2, -0.15) is 0 Å². The van der Waals surface area contributed by atoms with E-state index in [0.717, 1.165) is 14.9 Å². The number of hydrogen-bond acceptors (Lipinski definition) is 10. The van der Waals surface area contributed by atoms with E-state index in [-0.39, 0.29) is 18.1 Å². The number of nitrogens with zero attached hydrogens (tertiary/aromatic N) is 3. The number of rotatable bonds is 9. The molecule has 1 saturated heterocycles. The zero-order valence-electron chi connectivity index (χ0n) is 20.1. The van der Waals surface area contributed by atoms with Gasteiger partial charge >= 0.3 is 5.97 Å². The SMILES string of the molecule is Cc1nnc(SCC2=C(C(=O)O)N3C(=O)[C@H](NC(=O)c4ccc(COc5ccc(Cl)cc5C)o4)[C@@H]3SC2)s1. The van der Waals surface area contributed by atoms with Crippen molar-refractivity contribution in [3.05, 3.63) is 68.7 Å². The fourth-order valence-corrected chi connectivity index (χ4v) is 7.52. The van der Waals surface area contributed by atoms with Gasteiger partial charge in [-0.15, -0.1) is 22.0 Å². The summed E-state index contributed by atoms with van der Waals surface area (Å²) in [5.74, 6) is -0.317. The molecule has 2 amide bonds. The number of benzene rings is 1. The maximum absolute atomic E-state index is 12.9. The van der Waals surface area contributed by atoms with Crippen molar-refractivity contribution in [2.45, 2.75) is 36.2 Å². The summed E-state index contributed by atoms with van der Waals surface area (Å²) < 4.78 is 12.1. The molecule has 2 N–H and O–H groups in total. The zero-order chi connectivity index (χ0) is 27.0. The second-order valence-corrected chi connectivity index (χ2v) is 12.4. The number of furan rings is 1. The number of carbonyl (C=O) groups is 3. The van der Waals surface area contributed by atoms with Gasteiger partial charge in [0.2, 0.25) is 0 Å². The van der Waals surface area contributed by atoms with Crippen molar-refractivity contribution in [2.24, 2.45) is 0 Å². The average Bonchev–Trinajstić information content (AvgIpc) is 3.53. The molecule has 10 nitrogen and oxygen atoms in total. The largest absolute Gasteiger partial charge is 0.485 e. The van der Waals surface area contributed by atoms with Crippen LogP contribution in [0.2, 0.25) is 5.02 Å². The summed E-state index contributed by atoms with van der Waals surface area (Å²) in [4.78, 5) is 39.0. The minimum absolute atomic E-state index is 0.0296. The first-order valence-electron chi connectivity index (χ1n) is 11.3. The zero-order valence-corrected chi connectivity index (χ0v) is 23.3. The molecule has 0 bridgehead atoms. The maximum Gasteiger partial charge on any atom is 0.352 e. The second kappa shape index (κ2) is 11.0. The predicted molar refractivity (Wildman–Crippen MR) is 144 cm³/mol. The van der Waals surface area contributed by atoms with Crippen molar-refractivity contribution in [2.75, 3.05) is 11.5 Å². The Bertz CT molecular complexity index is 1450. The van der Waals surface area contributed by atoms with Crippen molar-refractivity contribution < 1.29 is 28.6 Å². The van der Waals surface area contributed by atoms with Crippen LogP contribution in [0.5, 0.6) is 5.75 Å². The van der Waals surface area contributed by atoms with E-state index in [1.807, 2.05) is 13.8 Å². The third kappa shape index (κ3) is 5.41. The molecule has 0 radical (unpaired) electrons. The number of aliphatic carboxylic acids is 1. The lowest BCUT2D eigenvalue weighted by molar-refractivity contribution is -0.148. The summed E-state index contributed by atoms with van der Waals surface area (Å²) in [5, 5.41) is 21.5. The van der Waals surface area contributed by atoms with E-state index >= 15 is 0 Å². The molecule has 0 aliphatic carbocycles. The van der Waals surface area contributed by atoms with E-state index in [4.69, 9.17) is 20.8 Å². The molecular weight excluding hydrogens is 572 g/mol. The quantitative estimate of drug-likeness (QED) is 0.276. The molecule has 4 heterocycles. The molecule has 5 rings (SSSR count). The molecule has 38 heavy (non-hydrogen) atoms. The molecule has 1 fully saturated rings. The number of fused-ring (bicyclic) bond motifs is 1. The minimum atomic E-state index is -1.18. The number of nitrogens with one attached hydrogen (secondary N) is 1. The molecule has 0 spiro atoms. The van der Waals surface area contributed by atoms with E-state index in [9.17, 15) is 19.5 Å². The number of aryl methyl sites for hydroxylation is 2. The fraction of sp³-hybridized carbons (Fsp3) is 0.292. The highest BCUT2D eigenvalue weighted by Gasteiger charge is 2.54. The first kappa shape index (κ1) is 26.6. The number of amides is 2. The number of carboxylic acids is 1. The van der Waals surface area contributed by atoms with Gasteiger partial charge in [-0.25, -0.2) is 4.79 Å². The summed E-state index contributed by atoms with van der Waals surface area (Å²) in [5.41, 5.74) is 1.46. The average molecular weight is 593 g/mol. The number of carboxylic acid groups (broad SMARTS) is 1. The normalized spacial score (nSPS) is 18.7. The van der Waals surface area contributed by atoms with Crippen molar-refractivity contribution >= 4 is 64.2 Å². The van der Waals surface area contributed by atoms with Crippen LogP contribution < -0.4 is 10.1 Å². The third-order valence-corrected chi connectivity index (χ3v) is 9.44. The highest BCUT2D eigenvalue weighted by Crippen LogP contribution is 2.42. The molecule has 198 valence electrons. The number of halogens is 1. The Morgan fingerprint density at radius 2 is 2.11 bits per heavy atom. The summed E-state index contributed by atoms with van der Waals surface area (Å²) in [7, 11) is 0. The Hall–Kier alpha value is -3.00. The van der Waals surface area contributed by atoms with Gasteiger partial charge in [-0.1, -0.05) is 34.7 Å². The highest BCUT2D eigenvalue weighted by atomic mass is 35.5. The lowest BCUT2D eigenvalue weighted by Gasteiger charge is -2.49. The molecular formula is C24H21ClN4O6S3. The van der Waals surface area contributed by atoms with Crippen molar-refractivity contribution in [3.63, 3.8) is 0 Å². The van der Waals surface area contributed by atoms with Crippen LogP contribution in [0.25, 0.3) is 0 Å². The molecule has 1 aromatic carbocycles. The van der Waals surface area contributed by atoms with Crippen LogP contribution in [0.4, 0.5) is 0 Å². The summed E-state index contributed by atoms with van der Waals surface area (Å²) >= 11 is 10.2. The summed E-state index contributed by atoms with van der Waals surface area (Å²) in [6, 6.07) is 7.53. The number of hydrogen-bond donors (Lipinski definition) is 2. The lowest BCUT2D eigenvalue weighted by Crippen LogP contribution is -2.70. The van der Waals surface area contributed by atoms with Crippen LogP contribution in [0.3, 0.4) is 0 Å². The summed E-state index contributed by atoms with van der Waals surface area (Å²) in [6.45, 7) is 3.82. The lowest BCUT2D eigenvalue weighted by atomic mass is 10.0. The van der Waals surface area contributed by atoms with Crippen LogP contribution in [0.1, 0.15) is 26.9 Å². The molecule has 2 aliphatic rings. The van der Waals surface area contributed by atoms with Crippen molar-refractivity contribution in [3.8, 4) is 5.75 Å². The monoisotopic (exact) mass is 592 g/mol. The van der Waals surface area contributed by atoms with Gasteiger partial charge in [0.1, 0.15) is 40.2 Å². The topological polar surface area (TPSA) is 135 Å². The molecule has 14 heteroatoms. The maximum atomic E-state index is 12.9.